The zero-order chi connectivity index (χ0) is 10.6. The molecule has 5 heteroatoms. The topological polar surface area (TPSA) is 63.9 Å². The molecule has 0 unspecified atom stereocenters. The van der Waals surface area contributed by atoms with Gasteiger partial charge in [0.2, 0.25) is 0 Å². The second-order valence-corrected chi connectivity index (χ2v) is 2.47. The Morgan fingerprint density at radius 1 is 1.47 bits per heavy atom. The zero-order valence-electron chi connectivity index (χ0n) is 8.03. The molecule has 0 amide bonds. The van der Waals surface area contributed by atoms with Crippen LogP contribution in [0.1, 0.15) is 5.56 Å². The van der Waals surface area contributed by atoms with Gasteiger partial charge in [0.1, 0.15) is 5.82 Å². The molecule has 1 rings (SSSR count). The minimum Gasteiger partial charge on any atom is -0.545 e. The first-order chi connectivity index (χ1) is 6.65. The van der Waals surface area contributed by atoms with E-state index in [2.05, 4.69) is 0 Å². The fourth-order valence-corrected chi connectivity index (χ4v) is 0.968. The van der Waals surface area contributed by atoms with Crippen LogP contribution in [0.15, 0.2) is 30.3 Å². The summed E-state index contributed by atoms with van der Waals surface area (Å²) in [6.45, 7) is 0. The van der Waals surface area contributed by atoms with Gasteiger partial charge >= 0.3 is 51.4 Å². The van der Waals surface area contributed by atoms with E-state index < -0.39 is 11.8 Å². The quantitative estimate of drug-likeness (QED) is 0.319. The number of aliphatic carboxylic acids is 1. The Morgan fingerprint density at radius 3 is 2.53 bits per heavy atom. The van der Waals surface area contributed by atoms with Crippen LogP contribution >= 0.6 is 0 Å². The average molecular weight is 229 g/mol. The molecule has 0 N–H and O–H groups in total. The van der Waals surface area contributed by atoms with Gasteiger partial charge in [-0.1, -0.05) is 18.2 Å². The van der Waals surface area contributed by atoms with Crippen molar-refractivity contribution in [2.45, 2.75) is 0 Å². The van der Waals surface area contributed by atoms with E-state index in [4.69, 9.17) is 5.26 Å². The van der Waals surface area contributed by atoms with Crippen molar-refractivity contribution in [1.82, 2.24) is 0 Å². The summed E-state index contributed by atoms with van der Waals surface area (Å²) in [6.07, 6.45) is 0.568. The number of rotatable bonds is 2. The van der Waals surface area contributed by atoms with Crippen LogP contribution in [-0.4, -0.2) is 5.97 Å². The first-order valence-electron chi connectivity index (χ1n) is 3.73. The third kappa shape index (κ3) is 4.24. The van der Waals surface area contributed by atoms with Gasteiger partial charge in [-0.2, -0.15) is 5.26 Å². The molecule has 1 aromatic rings. The number of carboxylic acids is 1. The second kappa shape index (κ2) is 6.88. The van der Waals surface area contributed by atoms with Crippen LogP contribution in [0.4, 0.5) is 4.39 Å². The molecular weight excluding hydrogens is 224 g/mol. The maximum Gasteiger partial charge on any atom is 1.00 e. The number of hydrogen-bond acceptors (Lipinski definition) is 3. The van der Waals surface area contributed by atoms with Crippen LogP contribution in [0, 0.1) is 17.1 Å². The van der Waals surface area contributed by atoms with Crippen molar-refractivity contribution in [2.24, 2.45) is 0 Å². The van der Waals surface area contributed by atoms with Gasteiger partial charge in [-0.25, -0.2) is 4.39 Å². The zero-order valence-corrected chi connectivity index (χ0v) is 11.2. The number of benzene rings is 1. The molecule has 70 valence electrons. The summed E-state index contributed by atoms with van der Waals surface area (Å²) in [5.41, 5.74) is -0.303. The van der Waals surface area contributed by atoms with Crippen LogP contribution < -0.4 is 56.5 Å². The first-order valence-corrected chi connectivity index (χ1v) is 3.73. The van der Waals surface area contributed by atoms with E-state index in [1.807, 2.05) is 0 Å². The van der Waals surface area contributed by atoms with E-state index in [0.29, 0.717) is 6.08 Å². The minimum absolute atomic E-state index is 0. The van der Waals surface area contributed by atoms with Crippen molar-refractivity contribution in [2.75, 3.05) is 0 Å². The van der Waals surface area contributed by atoms with Crippen molar-refractivity contribution >= 4 is 11.5 Å². The number of halogens is 1. The summed E-state index contributed by atoms with van der Waals surface area (Å²) in [4.78, 5) is 10.2. The monoisotopic (exact) mass is 229 g/mol. The normalized spacial score (nSPS) is 10.0. The Bertz CT molecular complexity index is 437. The van der Waals surface area contributed by atoms with Crippen LogP contribution in [0.3, 0.4) is 0 Å². The molecule has 3 nitrogen and oxygen atoms in total. The number of nitrogens with zero attached hydrogens (tertiary/aromatic N) is 1. The second-order valence-electron chi connectivity index (χ2n) is 2.47. The SMILES string of the molecule is N#C/C(=C/C(=O)[O-])c1ccccc1F.[K+]. The van der Waals surface area contributed by atoms with Crippen molar-refractivity contribution in [1.29, 1.82) is 5.26 Å². The van der Waals surface area contributed by atoms with Crippen molar-refractivity contribution in [3.8, 4) is 6.07 Å². The number of nitriles is 1. The molecule has 0 spiro atoms. The predicted octanol–water partition coefficient (Wildman–Crippen LogP) is -2.51. The third-order valence-corrected chi connectivity index (χ3v) is 1.55. The molecule has 0 radical (unpaired) electrons. The smallest absolute Gasteiger partial charge is 0.545 e. The summed E-state index contributed by atoms with van der Waals surface area (Å²) in [5, 5.41) is 18.8. The number of carbonyl (C=O) groups excluding carboxylic acids is 1. The summed E-state index contributed by atoms with van der Waals surface area (Å²) in [6, 6.07) is 7.03. The molecule has 0 fully saturated rings. The van der Waals surface area contributed by atoms with Gasteiger partial charge in [0.25, 0.3) is 0 Å². The maximum atomic E-state index is 13.1. The van der Waals surface area contributed by atoms with Gasteiger partial charge in [-0.3, -0.25) is 0 Å². The summed E-state index contributed by atoms with van der Waals surface area (Å²) in [7, 11) is 0. The van der Waals surface area contributed by atoms with Gasteiger partial charge in [0.05, 0.1) is 17.6 Å². The standard InChI is InChI=1S/C10H6FNO2.K/c11-9-4-2-1-3-8(9)7(6-12)5-10(13)14;/h1-5H,(H,13,14);/q;+1/p-1/b7-5-;. The van der Waals surface area contributed by atoms with Gasteiger partial charge in [-0.05, 0) is 12.1 Å². The van der Waals surface area contributed by atoms with Crippen molar-refractivity contribution in [3.63, 3.8) is 0 Å². The largest absolute Gasteiger partial charge is 1.00 e. The van der Waals surface area contributed by atoms with Gasteiger partial charge in [0, 0.05) is 5.56 Å². The van der Waals surface area contributed by atoms with Gasteiger partial charge in [-0.15, -0.1) is 0 Å². The van der Waals surface area contributed by atoms with E-state index >= 15 is 0 Å². The van der Waals surface area contributed by atoms with E-state index in [1.165, 1.54) is 18.2 Å². The molecule has 0 bridgehead atoms. The van der Waals surface area contributed by atoms with E-state index in [0.717, 1.165) is 6.07 Å². The molecule has 1 aromatic carbocycles. The number of allylic oxidation sites excluding steroid dienone is 1. The van der Waals surface area contributed by atoms with Crippen LogP contribution in [0.5, 0.6) is 0 Å². The molecule has 0 saturated carbocycles. The van der Waals surface area contributed by atoms with Crippen molar-refractivity contribution < 1.29 is 65.7 Å². The Labute approximate surface area is 129 Å². The first kappa shape index (κ1) is 14.5. The molecule has 15 heavy (non-hydrogen) atoms. The van der Waals surface area contributed by atoms with E-state index in [1.54, 1.807) is 6.07 Å². The molecule has 0 aliphatic rings. The predicted molar refractivity (Wildman–Crippen MR) is 45.0 cm³/mol. The van der Waals surface area contributed by atoms with Crippen LogP contribution in [-0.2, 0) is 4.79 Å². The summed E-state index contributed by atoms with van der Waals surface area (Å²) < 4.78 is 13.1. The molecule has 0 aromatic heterocycles. The molecule has 0 atom stereocenters. The number of hydrogen-bond donors (Lipinski definition) is 0. The van der Waals surface area contributed by atoms with Crippen LogP contribution in [0.2, 0.25) is 0 Å². The summed E-state index contributed by atoms with van der Waals surface area (Å²) >= 11 is 0. The Hall–Kier alpha value is -0.514. The van der Waals surface area contributed by atoms with Crippen LogP contribution in [0.25, 0.3) is 5.57 Å². The fourth-order valence-electron chi connectivity index (χ4n) is 0.968. The molecule has 0 aliphatic carbocycles. The molecule has 0 aliphatic heterocycles. The van der Waals surface area contributed by atoms with E-state index in [-0.39, 0.29) is 62.5 Å². The fraction of sp³-hybridized carbons (Fsp3) is 0. The van der Waals surface area contributed by atoms with Crippen molar-refractivity contribution in [3.05, 3.63) is 41.7 Å². The van der Waals surface area contributed by atoms with E-state index in [9.17, 15) is 14.3 Å². The average Bonchev–Trinajstić information content (AvgIpc) is 2.15. The third-order valence-electron chi connectivity index (χ3n) is 1.55. The summed E-state index contributed by atoms with van der Waals surface area (Å²) in [5.74, 6) is -2.16. The maximum absolute atomic E-state index is 13.1. The van der Waals surface area contributed by atoms with Gasteiger partial charge < -0.3 is 9.90 Å². The molecule has 0 heterocycles. The minimum atomic E-state index is -1.52. The molecular formula is C10H5FKNO2. The number of carboxylic acid groups (broad SMARTS) is 1. The Morgan fingerprint density at radius 2 is 2.07 bits per heavy atom. The van der Waals surface area contributed by atoms with Gasteiger partial charge in [0.15, 0.2) is 0 Å². The molecule has 0 saturated heterocycles. The Balaban J connectivity index is 0.00000196. The Kier molecular flexibility index (Phi) is 6.64. The number of carbonyl (C=O) groups is 1.